The van der Waals surface area contributed by atoms with E-state index in [-0.39, 0.29) is 5.92 Å². The van der Waals surface area contributed by atoms with Crippen molar-refractivity contribution in [2.75, 3.05) is 11.9 Å². The van der Waals surface area contributed by atoms with Crippen LogP contribution in [-0.4, -0.2) is 15.9 Å². The molecule has 0 bridgehead atoms. The van der Waals surface area contributed by atoms with Gasteiger partial charge in [0.15, 0.2) is 5.65 Å². The molecule has 0 saturated carbocycles. The average Bonchev–Trinajstić information content (AvgIpc) is 2.93. The summed E-state index contributed by atoms with van der Waals surface area (Å²) < 4.78 is 2.08. The summed E-state index contributed by atoms with van der Waals surface area (Å²) in [6.45, 7) is 9.59. The number of aromatic nitrogens is 2. The van der Waals surface area contributed by atoms with Crippen LogP contribution in [0.2, 0.25) is 0 Å². The first kappa shape index (κ1) is 16.3. The van der Waals surface area contributed by atoms with Crippen molar-refractivity contribution < 1.29 is 0 Å². The third-order valence-electron chi connectivity index (χ3n) is 4.37. The Kier molecular flexibility index (Phi) is 4.44. The van der Waals surface area contributed by atoms with Gasteiger partial charge in [-0.05, 0) is 42.0 Å². The summed E-state index contributed by atoms with van der Waals surface area (Å²) in [6.07, 6.45) is 1.10. The number of fused-ring (bicyclic) bond motifs is 3. The lowest BCUT2D eigenvalue weighted by atomic mass is 9.99. The molecule has 3 aromatic rings. The first-order chi connectivity index (χ1) is 11.5. The zero-order valence-corrected chi connectivity index (χ0v) is 14.8. The highest BCUT2D eigenvalue weighted by atomic mass is 15.1. The first-order valence-corrected chi connectivity index (χ1v) is 8.61. The largest absolute Gasteiger partial charge is 0.371 e. The van der Waals surface area contributed by atoms with E-state index in [0.717, 1.165) is 41.0 Å². The van der Waals surface area contributed by atoms with Crippen LogP contribution in [0.3, 0.4) is 0 Å². The van der Waals surface area contributed by atoms with Gasteiger partial charge < -0.3 is 5.32 Å². The summed E-state index contributed by atoms with van der Waals surface area (Å²) >= 11 is 0. The third kappa shape index (κ3) is 2.82. The second kappa shape index (κ2) is 6.52. The zero-order valence-electron chi connectivity index (χ0n) is 14.8. The van der Waals surface area contributed by atoms with Crippen LogP contribution in [0.4, 0.5) is 5.82 Å². The van der Waals surface area contributed by atoms with Crippen molar-refractivity contribution in [2.24, 2.45) is 5.92 Å². The molecule has 0 spiro atoms. The maximum Gasteiger partial charge on any atom is 0.157 e. The van der Waals surface area contributed by atoms with E-state index >= 15 is 0 Å². The van der Waals surface area contributed by atoms with Gasteiger partial charge in [-0.25, -0.2) is 4.98 Å². The molecule has 0 aliphatic rings. The maximum atomic E-state index is 9.71. The second-order valence-corrected chi connectivity index (χ2v) is 7.00. The van der Waals surface area contributed by atoms with Crippen molar-refractivity contribution in [2.45, 2.75) is 40.0 Å². The number of hydrogen-bond donors (Lipinski definition) is 1. The number of nitriles is 1. The van der Waals surface area contributed by atoms with E-state index in [9.17, 15) is 5.26 Å². The van der Waals surface area contributed by atoms with Gasteiger partial charge in [-0.3, -0.25) is 4.40 Å². The van der Waals surface area contributed by atoms with E-state index in [1.54, 1.807) is 0 Å². The Morgan fingerprint density at radius 3 is 2.62 bits per heavy atom. The number of rotatable bonds is 5. The Bertz CT molecular complexity index is 913. The Morgan fingerprint density at radius 1 is 1.21 bits per heavy atom. The van der Waals surface area contributed by atoms with Gasteiger partial charge in [0.25, 0.3) is 0 Å². The lowest BCUT2D eigenvalue weighted by Gasteiger charge is -2.16. The van der Waals surface area contributed by atoms with Crippen LogP contribution in [0.5, 0.6) is 0 Å². The standard InChI is InChI=1S/C20H24N4/c1-13(2)9-10-22-19-11-15(14(3)4)16(12-21)20-23-17-7-5-6-8-18(17)24(19)20/h5-8,11,13-14,22H,9-10H2,1-4H3. The topological polar surface area (TPSA) is 53.1 Å². The quantitative estimate of drug-likeness (QED) is 0.724. The summed E-state index contributed by atoms with van der Waals surface area (Å²) in [5.41, 5.74) is 4.42. The molecule has 0 unspecified atom stereocenters. The normalized spacial score (nSPS) is 11.5. The molecule has 124 valence electrons. The minimum Gasteiger partial charge on any atom is -0.371 e. The van der Waals surface area contributed by atoms with E-state index < -0.39 is 0 Å². The van der Waals surface area contributed by atoms with Crippen molar-refractivity contribution >= 4 is 22.5 Å². The van der Waals surface area contributed by atoms with Gasteiger partial charge in [0.2, 0.25) is 0 Å². The number of nitrogens with zero attached hydrogens (tertiary/aromatic N) is 3. The smallest absolute Gasteiger partial charge is 0.157 e. The van der Waals surface area contributed by atoms with Gasteiger partial charge in [0, 0.05) is 6.54 Å². The number of anilines is 1. The highest BCUT2D eigenvalue weighted by molar-refractivity contribution is 5.85. The van der Waals surface area contributed by atoms with Crippen molar-refractivity contribution in [1.29, 1.82) is 5.26 Å². The van der Waals surface area contributed by atoms with Gasteiger partial charge in [-0.2, -0.15) is 5.26 Å². The Hall–Kier alpha value is -2.54. The summed E-state index contributed by atoms with van der Waals surface area (Å²) in [6, 6.07) is 12.5. The summed E-state index contributed by atoms with van der Waals surface area (Å²) in [5.74, 6) is 1.94. The van der Waals surface area contributed by atoms with E-state index in [0.29, 0.717) is 11.5 Å². The number of para-hydroxylation sites is 2. The lowest BCUT2D eigenvalue weighted by Crippen LogP contribution is -2.10. The molecule has 4 heteroatoms. The van der Waals surface area contributed by atoms with Crippen LogP contribution in [0, 0.1) is 17.2 Å². The van der Waals surface area contributed by atoms with Crippen molar-refractivity contribution in [1.82, 2.24) is 9.38 Å². The molecule has 0 amide bonds. The molecule has 0 radical (unpaired) electrons. The molecule has 2 aromatic heterocycles. The summed E-state index contributed by atoms with van der Waals surface area (Å²) in [7, 11) is 0. The van der Waals surface area contributed by atoms with Crippen LogP contribution < -0.4 is 5.32 Å². The highest BCUT2D eigenvalue weighted by Gasteiger charge is 2.18. The molecule has 3 rings (SSSR count). The maximum absolute atomic E-state index is 9.71. The molecular formula is C20H24N4. The highest BCUT2D eigenvalue weighted by Crippen LogP contribution is 2.30. The van der Waals surface area contributed by atoms with Gasteiger partial charge in [-0.1, -0.05) is 39.8 Å². The number of nitrogens with one attached hydrogen (secondary N) is 1. The van der Waals surface area contributed by atoms with E-state index in [1.165, 1.54) is 0 Å². The molecule has 24 heavy (non-hydrogen) atoms. The third-order valence-corrected chi connectivity index (χ3v) is 4.37. The SMILES string of the molecule is CC(C)CCNc1cc(C(C)C)c(C#N)c2nc3ccccc3n12. The average molecular weight is 320 g/mol. The monoisotopic (exact) mass is 320 g/mol. The van der Waals surface area contributed by atoms with Crippen molar-refractivity contribution in [3.05, 3.63) is 41.5 Å². The molecule has 4 nitrogen and oxygen atoms in total. The van der Waals surface area contributed by atoms with Gasteiger partial charge >= 0.3 is 0 Å². The van der Waals surface area contributed by atoms with Gasteiger partial charge in [0.05, 0.1) is 16.6 Å². The number of benzene rings is 1. The van der Waals surface area contributed by atoms with Crippen LogP contribution in [0.1, 0.15) is 51.2 Å². The van der Waals surface area contributed by atoms with E-state index in [2.05, 4.69) is 55.6 Å². The Balaban J connectivity index is 2.25. The molecule has 0 aliphatic carbocycles. The van der Waals surface area contributed by atoms with Crippen LogP contribution in [0.15, 0.2) is 30.3 Å². The van der Waals surface area contributed by atoms with Gasteiger partial charge in [-0.15, -0.1) is 0 Å². The second-order valence-electron chi connectivity index (χ2n) is 7.00. The summed E-state index contributed by atoms with van der Waals surface area (Å²) in [5, 5.41) is 13.3. The fourth-order valence-electron chi connectivity index (χ4n) is 3.04. The summed E-state index contributed by atoms with van der Waals surface area (Å²) in [4.78, 5) is 4.73. The lowest BCUT2D eigenvalue weighted by molar-refractivity contribution is 0.606. The molecule has 2 heterocycles. The molecule has 0 atom stereocenters. The van der Waals surface area contributed by atoms with E-state index in [4.69, 9.17) is 4.98 Å². The van der Waals surface area contributed by atoms with Crippen molar-refractivity contribution in [3.8, 4) is 6.07 Å². The molecular weight excluding hydrogens is 296 g/mol. The Morgan fingerprint density at radius 2 is 1.96 bits per heavy atom. The van der Waals surface area contributed by atoms with Crippen molar-refractivity contribution in [3.63, 3.8) is 0 Å². The van der Waals surface area contributed by atoms with Gasteiger partial charge in [0.1, 0.15) is 11.9 Å². The Labute approximate surface area is 143 Å². The fraction of sp³-hybridized carbons (Fsp3) is 0.400. The minimum absolute atomic E-state index is 0.273. The molecule has 0 saturated heterocycles. The van der Waals surface area contributed by atoms with Crippen LogP contribution in [-0.2, 0) is 0 Å². The molecule has 1 N–H and O–H groups in total. The van der Waals surface area contributed by atoms with Crippen LogP contribution >= 0.6 is 0 Å². The minimum atomic E-state index is 0.273. The fourth-order valence-corrected chi connectivity index (χ4v) is 3.04. The number of pyridine rings is 1. The molecule has 0 fully saturated rings. The van der Waals surface area contributed by atoms with E-state index in [1.807, 2.05) is 18.2 Å². The molecule has 0 aliphatic heterocycles. The molecule has 1 aromatic carbocycles. The first-order valence-electron chi connectivity index (χ1n) is 8.61. The zero-order chi connectivity index (χ0) is 17.3. The number of hydrogen-bond acceptors (Lipinski definition) is 3. The predicted octanol–water partition coefficient (Wildman–Crippen LogP) is 4.94. The van der Waals surface area contributed by atoms with Crippen LogP contribution in [0.25, 0.3) is 16.7 Å². The predicted molar refractivity (Wildman–Crippen MR) is 99.4 cm³/mol. The number of imidazole rings is 1.